The molecule has 0 bridgehead atoms. The Balaban J connectivity index is 2.20. The topological polar surface area (TPSA) is 128 Å². The summed E-state index contributed by atoms with van der Waals surface area (Å²) < 4.78 is 11.4. The van der Waals surface area contributed by atoms with Crippen LogP contribution in [0.4, 0.5) is 0 Å². The first-order valence-electron chi connectivity index (χ1n) is 24.2. The molecule has 6 atom stereocenters. The molecular formula is C47H93NO7. The van der Waals surface area contributed by atoms with E-state index in [2.05, 4.69) is 19.2 Å². The highest BCUT2D eigenvalue weighted by Crippen LogP contribution is 2.23. The van der Waals surface area contributed by atoms with Crippen molar-refractivity contribution >= 4 is 5.91 Å². The van der Waals surface area contributed by atoms with Crippen LogP contribution in [0.3, 0.4) is 0 Å². The summed E-state index contributed by atoms with van der Waals surface area (Å²) in [6.07, 6.45) is 39.4. The predicted molar refractivity (Wildman–Crippen MR) is 229 cm³/mol. The number of carbonyl (C=O) groups is 1. The quantitative estimate of drug-likeness (QED) is 0.0391. The van der Waals surface area contributed by atoms with Crippen molar-refractivity contribution in [2.75, 3.05) is 13.2 Å². The van der Waals surface area contributed by atoms with E-state index in [1.54, 1.807) is 0 Å². The molecule has 0 saturated carbocycles. The highest BCUT2D eigenvalue weighted by molar-refractivity contribution is 5.76. The average Bonchev–Trinajstić information content (AvgIpc) is 3.18. The SMILES string of the molecule is CCCCCCCCCCCCCCCCCCCCCCC(=O)N[C@@H](CCCCCCCCCCCCCCCC)CO[C@H]1O[C@H](CO)[C@H](O)[C@H](O)[C@H]1O. The summed E-state index contributed by atoms with van der Waals surface area (Å²) >= 11 is 0. The molecule has 1 aliphatic rings. The predicted octanol–water partition coefficient (Wildman–Crippen LogP) is 11.4. The van der Waals surface area contributed by atoms with Crippen LogP contribution in [-0.2, 0) is 14.3 Å². The molecule has 1 saturated heterocycles. The Morgan fingerprint density at radius 2 is 0.855 bits per heavy atom. The molecule has 1 aliphatic heterocycles. The van der Waals surface area contributed by atoms with Gasteiger partial charge in [0.1, 0.15) is 24.4 Å². The molecule has 0 aliphatic carbocycles. The van der Waals surface area contributed by atoms with E-state index in [-0.39, 0.29) is 18.6 Å². The summed E-state index contributed by atoms with van der Waals surface area (Å²) in [5.74, 6) is 0.0233. The van der Waals surface area contributed by atoms with E-state index in [0.29, 0.717) is 6.42 Å². The number of aliphatic hydroxyl groups excluding tert-OH is 4. The summed E-state index contributed by atoms with van der Waals surface area (Å²) in [6, 6.07) is -0.234. The van der Waals surface area contributed by atoms with Gasteiger partial charge in [-0.1, -0.05) is 226 Å². The van der Waals surface area contributed by atoms with Crippen LogP contribution in [0.25, 0.3) is 0 Å². The van der Waals surface area contributed by atoms with Gasteiger partial charge in [0, 0.05) is 6.42 Å². The van der Waals surface area contributed by atoms with Crippen molar-refractivity contribution in [1.82, 2.24) is 5.32 Å². The lowest BCUT2D eigenvalue weighted by molar-refractivity contribution is -0.302. The lowest BCUT2D eigenvalue weighted by Gasteiger charge is -2.40. The first-order chi connectivity index (χ1) is 26.9. The first kappa shape index (κ1) is 52.2. The van der Waals surface area contributed by atoms with Gasteiger partial charge in [0.2, 0.25) is 5.91 Å². The number of unbranched alkanes of at least 4 members (excludes halogenated alkanes) is 32. The Labute approximate surface area is 340 Å². The Bertz CT molecular complexity index is 814. The van der Waals surface area contributed by atoms with Crippen molar-refractivity contribution in [2.45, 2.75) is 282 Å². The lowest BCUT2D eigenvalue weighted by atomic mass is 9.99. The van der Waals surface area contributed by atoms with Crippen molar-refractivity contribution in [1.29, 1.82) is 0 Å². The summed E-state index contributed by atoms with van der Waals surface area (Å²) in [5.41, 5.74) is 0. The number of carbonyl (C=O) groups excluding carboxylic acids is 1. The summed E-state index contributed by atoms with van der Waals surface area (Å²) in [6.45, 7) is 4.19. The van der Waals surface area contributed by atoms with Gasteiger partial charge < -0.3 is 35.2 Å². The highest BCUT2D eigenvalue weighted by atomic mass is 16.7. The number of amides is 1. The minimum Gasteiger partial charge on any atom is -0.394 e. The fraction of sp³-hybridized carbons (Fsp3) is 0.979. The average molecular weight is 784 g/mol. The zero-order chi connectivity index (χ0) is 40.0. The first-order valence-corrected chi connectivity index (χ1v) is 24.2. The third kappa shape index (κ3) is 30.0. The Morgan fingerprint density at radius 3 is 1.22 bits per heavy atom. The number of nitrogens with one attached hydrogen (secondary N) is 1. The van der Waals surface area contributed by atoms with Crippen LogP contribution in [0.5, 0.6) is 0 Å². The molecule has 0 aromatic heterocycles. The van der Waals surface area contributed by atoms with E-state index in [1.165, 1.54) is 193 Å². The van der Waals surface area contributed by atoms with E-state index in [0.717, 1.165) is 32.1 Å². The van der Waals surface area contributed by atoms with Crippen molar-refractivity contribution in [3.63, 3.8) is 0 Å². The van der Waals surface area contributed by atoms with E-state index in [9.17, 15) is 25.2 Å². The van der Waals surface area contributed by atoms with Crippen LogP contribution in [0.15, 0.2) is 0 Å². The molecule has 328 valence electrons. The molecule has 1 heterocycles. The Hall–Kier alpha value is -0.770. The van der Waals surface area contributed by atoms with Crippen LogP contribution in [0.1, 0.15) is 245 Å². The number of ether oxygens (including phenoxy) is 2. The summed E-state index contributed by atoms with van der Waals surface area (Å²) in [7, 11) is 0. The summed E-state index contributed by atoms with van der Waals surface area (Å²) in [5, 5.41) is 43.4. The van der Waals surface area contributed by atoms with Gasteiger partial charge >= 0.3 is 0 Å². The molecule has 0 spiro atoms. The second-order valence-corrected chi connectivity index (χ2v) is 17.1. The highest BCUT2D eigenvalue weighted by Gasteiger charge is 2.44. The molecule has 1 rings (SSSR count). The maximum absolute atomic E-state index is 12.9. The van der Waals surface area contributed by atoms with Gasteiger partial charge in [-0.2, -0.15) is 0 Å². The minimum absolute atomic E-state index is 0.0233. The number of hydrogen-bond acceptors (Lipinski definition) is 7. The largest absolute Gasteiger partial charge is 0.394 e. The van der Waals surface area contributed by atoms with Crippen molar-refractivity contribution in [3.05, 3.63) is 0 Å². The minimum atomic E-state index is -1.48. The zero-order valence-electron chi connectivity index (χ0n) is 36.3. The van der Waals surface area contributed by atoms with Crippen molar-refractivity contribution < 1.29 is 34.7 Å². The van der Waals surface area contributed by atoms with Gasteiger partial charge in [0.25, 0.3) is 0 Å². The van der Waals surface area contributed by atoms with Crippen molar-refractivity contribution in [2.24, 2.45) is 0 Å². The van der Waals surface area contributed by atoms with Crippen molar-refractivity contribution in [3.8, 4) is 0 Å². The monoisotopic (exact) mass is 784 g/mol. The zero-order valence-corrected chi connectivity index (χ0v) is 36.3. The fourth-order valence-corrected chi connectivity index (χ4v) is 8.04. The second kappa shape index (κ2) is 38.7. The van der Waals surface area contributed by atoms with Crippen LogP contribution >= 0.6 is 0 Å². The standard InChI is InChI=1S/C47H93NO7/c1-3-5-7-9-11-13-15-17-19-20-21-22-23-24-26-28-30-32-34-36-38-43(50)48-41(40-54-47-46(53)45(52)44(51)42(39-49)55-47)37-35-33-31-29-27-25-18-16-14-12-10-8-6-4-2/h41-42,44-47,49,51-53H,3-40H2,1-2H3,(H,48,50)/t41-,42+,44-,45-,46+,47-/m0/s1. The smallest absolute Gasteiger partial charge is 0.220 e. The van der Waals surface area contributed by atoms with Gasteiger partial charge in [-0.15, -0.1) is 0 Å². The molecule has 0 aromatic rings. The molecule has 8 nitrogen and oxygen atoms in total. The van der Waals surface area contributed by atoms with E-state index < -0.39 is 37.3 Å². The third-order valence-corrected chi connectivity index (χ3v) is 11.8. The van der Waals surface area contributed by atoms with Gasteiger partial charge in [0.05, 0.1) is 19.3 Å². The molecule has 0 aromatic carbocycles. The maximum Gasteiger partial charge on any atom is 0.220 e. The molecule has 8 heteroatoms. The van der Waals surface area contributed by atoms with Crippen LogP contribution in [0, 0.1) is 0 Å². The Morgan fingerprint density at radius 1 is 0.509 bits per heavy atom. The summed E-state index contributed by atoms with van der Waals surface area (Å²) in [4.78, 5) is 12.9. The van der Waals surface area contributed by atoms with Crippen LogP contribution in [-0.4, -0.2) is 76.3 Å². The lowest BCUT2D eigenvalue weighted by Crippen LogP contribution is -2.59. The Kier molecular flexibility index (Phi) is 36.8. The van der Waals surface area contributed by atoms with E-state index in [1.807, 2.05) is 0 Å². The normalized spacial score (nSPS) is 20.6. The number of hydrogen-bond donors (Lipinski definition) is 5. The molecule has 55 heavy (non-hydrogen) atoms. The molecule has 1 amide bonds. The number of rotatable bonds is 41. The fourth-order valence-electron chi connectivity index (χ4n) is 8.04. The second-order valence-electron chi connectivity index (χ2n) is 17.1. The third-order valence-electron chi connectivity index (χ3n) is 11.8. The van der Waals surface area contributed by atoms with E-state index >= 15 is 0 Å². The molecule has 1 fully saturated rings. The van der Waals surface area contributed by atoms with E-state index in [4.69, 9.17) is 9.47 Å². The van der Waals surface area contributed by atoms with Crippen LogP contribution in [0.2, 0.25) is 0 Å². The number of aliphatic hydroxyl groups is 4. The molecule has 5 N–H and O–H groups in total. The van der Waals surface area contributed by atoms with Gasteiger partial charge in [-0.3, -0.25) is 4.79 Å². The maximum atomic E-state index is 12.9. The van der Waals surface area contributed by atoms with Gasteiger partial charge in [-0.25, -0.2) is 0 Å². The van der Waals surface area contributed by atoms with Gasteiger partial charge in [0.15, 0.2) is 6.29 Å². The molecular weight excluding hydrogens is 691 g/mol. The van der Waals surface area contributed by atoms with Crippen LogP contribution < -0.4 is 5.32 Å². The molecule has 0 radical (unpaired) electrons. The molecule has 0 unspecified atom stereocenters. The van der Waals surface area contributed by atoms with Gasteiger partial charge in [-0.05, 0) is 12.8 Å².